The minimum Gasteiger partial charge on any atom is -0.508 e. The lowest BCUT2D eigenvalue weighted by molar-refractivity contribution is 0.174. The number of phenols is 2. The van der Waals surface area contributed by atoms with Gasteiger partial charge in [0.05, 0.1) is 11.9 Å². The van der Waals surface area contributed by atoms with E-state index >= 15 is 0 Å². The summed E-state index contributed by atoms with van der Waals surface area (Å²) in [5.74, 6) is 1.59. The van der Waals surface area contributed by atoms with Gasteiger partial charge in [0.15, 0.2) is 11.5 Å². The monoisotopic (exact) mass is 338 g/mol. The third-order valence-corrected chi connectivity index (χ3v) is 4.36. The molecule has 0 fully saturated rings. The lowest BCUT2D eigenvalue weighted by atomic mass is 9.95. The molecule has 4 rings (SSSR count). The molecule has 6 nitrogen and oxygen atoms in total. The summed E-state index contributed by atoms with van der Waals surface area (Å²) in [6.45, 7) is 4.19. The lowest BCUT2D eigenvalue weighted by Gasteiger charge is -2.13. The highest BCUT2D eigenvalue weighted by molar-refractivity contribution is 5.84. The van der Waals surface area contributed by atoms with Crippen LogP contribution >= 0.6 is 0 Å². The molecule has 0 unspecified atom stereocenters. The van der Waals surface area contributed by atoms with E-state index in [0.29, 0.717) is 22.8 Å². The molecule has 128 valence electrons. The van der Waals surface area contributed by atoms with Crippen LogP contribution in [0.2, 0.25) is 0 Å². The van der Waals surface area contributed by atoms with E-state index in [0.717, 1.165) is 16.7 Å². The van der Waals surface area contributed by atoms with Gasteiger partial charge in [-0.2, -0.15) is 5.10 Å². The molecule has 1 aliphatic rings. The summed E-state index contributed by atoms with van der Waals surface area (Å²) < 4.78 is 10.8. The zero-order valence-corrected chi connectivity index (χ0v) is 13.9. The average molecular weight is 338 g/mol. The summed E-state index contributed by atoms with van der Waals surface area (Å²) in [5.41, 5.74) is 3.75. The van der Waals surface area contributed by atoms with E-state index in [1.165, 1.54) is 6.07 Å². The van der Waals surface area contributed by atoms with Crippen molar-refractivity contribution in [3.8, 4) is 45.4 Å². The Kier molecular flexibility index (Phi) is 3.53. The molecule has 0 amide bonds. The second-order valence-corrected chi connectivity index (χ2v) is 6.31. The smallest absolute Gasteiger partial charge is 0.231 e. The molecule has 2 heterocycles. The van der Waals surface area contributed by atoms with Crippen LogP contribution in [0.15, 0.2) is 36.5 Å². The van der Waals surface area contributed by atoms with Crippen LogP contribution in [0.25, 0.3) is 22.4 Å². The Morgan fingerprint density at radius 3 is 2.60 bits per heavy atom. The molecule has 0 atom stereocenters. The number of rotatable bonds is 3. The van der Waals surface area contributed by atoms with Crippen LogP contribution in [0.3, 0.4) is 0 Å². The van der Waals surface area contributed by atoms with Gasteiger partial charge >= 0.3 is 0 Å². The summed E-state index contributed by atoms with van der Waals surface area (Å²) in [7, 11) is 0. The van der Waals surface area contributed by atoms with Crippen molar-refractivity contribution >= 4 is 0 Å². The Hall–Kier alpha value is -3.15. The van der Waals surface area contributed by atoms with Gasteiger partial charge in [0.2, 0.25) is 6.79 Å². The van der Waals surface area contributed by atoms with Gasteiger partial charge in [-0.15, -0.1) is 0 Å². The molecular weight excluding hydrogens is 320 g/mol. The summed E-state index contributed by atoms with van der Waals surface area (Å²) in [4.78, 5) is 0. The molecule has 3 aromatic rings. The van der Waals surface area contributed by atoms with Gasteiger partial charge in [0, 0.05) is 17.2 Å². The molecule has 0 saturated heterocycles. The van der Waals surface area contributed by atoms with Crippen LogP contribution in [0, 0.1) is 0 Å². The zero-order valence-electron chi connectivity index (χ0n) is 13.9. The first kappa shape index (κ1) is 15.4. The van der Waals surface area contributed by atoms with Crippen molar-refractivity contribution in [3.05, 3.63) is 42.1 Å². The van der Waals surface area contributed by atoms with Crippen LogP contribution in [0.1, 0.15) is 25.3 Å². The van der Waals surface area contributed by atoms with Gasteiger partial charge in [0.25, 0.3) is 0 Å². The second-order valence-electron chi connectivity index (χ2n) is 6.31. The highest BCUT2D eigenvalue weighted by atomic mass is 16.7. The minimum absolute atomic E-state index is 0.00635. The van der Waals surface area contributed by atoms with Gasteiger partial charge in [-0.3, -0.25) is 5.10 Å². The predicted octanol–water partition coefficient (Wildman–Crippen LogP) is 4.01. The van der Waals surface area contributed by atoms with Gasteiger partial charge < -0.3 is 19.7 Å². The van der Waals surface area contributed by atoms with Crippen LogP contribution < -0.4 is 9.47 Å². The number of aromatic nitrogens is 2. The molecule has 2 aromatic carbocycles. The number of H-pyrrole nitrogens is 1. The molecule has 6 heteroatoms. The van der Waals surface area contributed by atoms with E-state index in [-0.39, 0.29) is 24.2 Å². The third kappa shape index (κ3) is 2.55. The van der Waals surface area contributed by atoms with E-state index in [4.69, 9.17) is 9.47 Å². The third-order valence-electron chi connectivity index (χ3n) is 4.36. The Bertz CT molecular complexity index is 947. The van der Waals surface area contributed by atoms with E-state index in [2.05, 4.69) is 10.2 Å². The molecular formula is C19H18N2O4. The Morgan fingerprint density at radius 2 is 1.80 bits per heavy atom. The fourth-order valence-corrected chi connectivity index (χ4v) is 3.03. The predicted molar refractivity (Wildman–Crippen MR) is 93.0 cm³/mol. The highest BCUT2D eigenvalue weighted by Crippen LogP contribution is 2.42. The number of nitrogens with one attached hydrogen (secondary N) is 1. The Morgan fingerprint density at radius 1 is 1.00 bits per heavy atom. The largest absolute Gasteiger partial charge is 0.508 e. The molecule has 1 aromatic heterocycles. The molecule has 0 radical (unpaired) electrons. The van der Waals surface area contributed by atoms with Gasteiger partial charge in [0.1, 0.15) is 11.5 Å². The maximum atomic E-state index is 10.3. The average Bonchev–Trinajstić information content (AvgIpc) is 3.22. The number of nitrogens with zero attached hydrogens (tertiary/aromatic N) is 1. The number of benzene rings is 2. The number of ether oxygens (including phenoxy) is 2. The van der Waals surface area contributed by atoms with Crippen LogP contribution in [0.4, 0.5) is 0 Å². The number of hydrogen-bond acceptors (Lipinski definition) is 5. The van der Waals surface area contributed by atoms with Crippen molar-refractivity contribution in [2.45, 2.75) is 19.8 Å². The Balaban J connectivity index is 1.84. The van der Waals surface area contributed by atoms with Gasteiger partial charge in [-0.05, 0) is 35.2 Å². The van der Waals surface area contributed by atoms with Crippen molar-refractivity contribution in [2.75, 3.05) is 6.79 Å². The van der Waals surface area contributed by atoms with Crippen molar-refractivity contribution in [3.63, 3.8) is 0 Å². The van der Waals surface area contributed by atoms with E-state index in [1.54, 1.807) is 12.3 Å². The molecule has 0 saturated carbocycles. The SMILES string of the molecule is CC(C)c1cc(-c2[nH]ncc2-c2ccc3c(c2)OCO3)c(O)cc1O. The summed E-state index contributed by atoms with van der Waals surface area (Å²) in [5, 5.41) is 27.5. The van der Waals surface area contributed by atoms with Crippen molar-refractivity contribution < 1.29 is 19.7 Å². The number of phenolic OH excluding ortho intramolecular Hbond substituents is 2. The van der Waals surface area contributed by atoms with Gasteiger partial charge in [-0.25, -0.2) is 0 Å². The lowest BCUT2D eigenvalue weighted by Crippen LogP contribution is -1.93. The fraction of sp³-hybridized carbons (Fsp3) is 0.211. The zero-order chi connectivity index (χ0) is 17.6. The fourth-order valence-electron chi connectivity index (χ4n) is 3.03. The standard InChI is InChI=1S/C19H18N2O4/c1-10(2)12-6-13(16(23)7-15(12)22)19-14(8-20-21-19)11-3-4-17-18(5-11)25-9-24-17/h3-8,10,22-23H,9H2,1-2H3,(H,20,21). The molecule has 0 spiro atoms. The normalized spacial score (nSPS) is 12.8. The summed E-state index contributed by atoms with van der Waals surface area (Å²) in [6, 6.07) is 8.82. The number of aromatic amines is 1. The number of hydrogen-bond donors (Lipinski definition) is 3. The highest BCUT2D eigenvalue weighted by Gasteiger charge is 2.20. The van der Waals surface area contributed by atoms with E-state index in [9.17, 15) is 10.2 Å². The summed E-state index contributed by atoms with van der Waals surface area (Å²) in [6.07, 6.45) is 1.70. The first-order valence-electron chi connectivity index (χ1n) is 8.04. The van der Waals surface area contributed by atoms with E-state index in [1.807, 2.05) is 32.0 Å². The van der Waals surface area contributed by atoms with Crippen LogP contribution in [0.5, 0.6) is 23.0 Å². The first-order chi connectivity index (χ1) is 12.0. The van der Waals surface area contributed by atoms with Crippen molar-refractivity contribution in [1.29, 1.82) is 0 Å². The maximum absolute atomic E-state index is 10.3. The first-order valence-corrected chi connectivity index (χ1v) is 8.04. The molecule has 1 aliphatic heterocycles. The van der Waals surface area contributed by atoms with Crippen molar-refractivity contribution in [1.82, 2.24) is 10.2 Å². The van der Waals surface area contributed by atoms with Crippen LogP contribution in [-0.4, -0.2) is 27.2 Å². The molecule has 25 heavy (non-hydrogen) atoms. The summed E-state index contributed by atoms with van der Waals surface area (Å²) >= 11 is 0. The Labute approximate surface area is 144 Å². The van der Waals surface area contributed by atoms with Crippen LogP contribution in [-0.2, 0) is 0 Å². The molecule has 0 aliphatic carbocycles. The topological polar surface area (TPSA) is 87.6 Å². The molecule has 3 N–H and O–H groups in total. The maximum Gasteiger partial charge on any atom is 0.231 e. The van der Waals surface area contributed by atoms with Gasteiger partial charge in [-0.1, -0.05) is 19.9 Å². The molecule has 0 bridgehead atoms. The minimum atomic E-state index is -0.00635. The quantitative estimate of drug-likeness (QED) is 0.672. The van der Waals surface area contributed by atoms with Crippen molar-refractivity contribution in [2.24, 2.45) is 0 Å². The number of aromatic hydroxyl groups is 2. The second kappa shape index (κ2) is 5.73. The van der Waals surface area contributed by atoms with E-state index < -0.39 is 0 Å². The number of fused-ring (bicyclic) bond motifs is 1.